The van der Waals surface area contributed by atoms with Crippen LogP contribution < -0.4 is 5.73 Å². The van der Waals surface area contributed by atoms with Gasteiger partial charge < -0.3 is 15.5 Å². The Hall–Kier alpha value is -1.59. The first-order valence-corrected chi connectivity index (χ1v) is 10.5. The van der Waals surface area contributed by atoms with Gasteiger partial charge in [0.1, 0.15) is 6.04 Å². The van der Waals surface area contributed by atoms with Gasteiger partial charge in [0.15, 0.2) is 0 Å². The van der Waals surface area contributed by atoms with E-state index in [4.69, 9.17) is 17.3 Å². The first-order valence-electron chi connectivity index (χ1n) is 10.2. The molecule has 27 heavy (non-hydrogen) atoms. The van der Waals surface area contributed by atoms with Crippen LogP contribution in [0.3, 0.4) is 0 Å². The van der Waals surface area contributed by atoms with Crippen molar-refractivity contribution < 1.29 is 9.59 Å². The summed E-state index contributed by atoms with van der Waals surface area (Å²) in [5.41, 5.74) is 6.66. The Labute approximate surface area is 165 Å². The summed E-state index contributed by atoms with van der Waals surface area (Å²) >= 11 is 6.11. The number of hydrogen-bond donors (Lipinski definition) is 1. The van der Waals surface area contributed by atoms with Gasteiger partial charge in [0.05, 0.1) is 0 Å². The Morgan fingerprint density at radius 3 is 2.70 bits per heavy atom. The highest BCUT2D eigenvalue weighted by atomic mass is 35.5. The van der Waals surface area contributed by atoms with Crippen LogP contribution in [0.25, 0.3) is 0 Å². The Morgan fingerprint density at radius 1 is 1.11 bits per heavy atom. The number of rotatable bonds is 2. The molecular formula is C21H28ClN3O2. The van der Waals surface area contributed by atoms with Gasteiger partial charge in [-0.2, -0.15) is 0 Å². The molecule has 6 heteroatoms. The zero-order chi connectivity index (χ0) is 19.0. The van der Waals surface area contributed by atoms with E-state index in [0.29, 0.717) is 23.0 Å². The lowest BCUT2D eigenvalue weighted by atomic mass is 9.84. The fourth-order valence-corrected chi connectivity index (χ4v) is 5.35. The van der Waals surface area contributed by atoms with Crippen molar-refractivity contribution in [1.82, 2.24) is 9.80 Å². The molecule has 0 bridgehead atoms. The summed E-state index contributed by atoms with van der Waals surface area (Å²) in [6.45, 7) is 1.35. The third kappa shape index (κ3) is 3.72. The zero-order valence-electron chi connectivity index (χ0n) is 15.6. The highest BCUT2D eigenvalue weighted by Crippen LogP contribution is 2.41. The Morgan fingerprint density at radius 2 is 1.93 bits per heavy atom. The van der Waals surface area contributed by atoms with E-state index < -0.39 is 0 Å². The van der Waals surface area contributed by atoms with Gasteiger partial charge in [-0.25, -0.2) is 0 Å². The van der Waals surface area contributed by atoms with Crippen LogP contribution in [0.4, 0.5) is 0 Å². The SMILES string of the molecule is NC1CCCN(C(=O)C2CC3CCCCC3N2C(=O)c2cccc(Cl)c2)C1. The number of amides is 2. The van der Waals surface area contributed by atoms with E-state index >= 15 is 0 Å². The molecule has 2 saturated heterocycles. The lowest BCUT2D eigenvalue weighted by Crippen LogP contribution is -2.54. The molecule has 4 unspecified atom stereocenters. The predicted octanol–water partition coefficient (Wildman–Crippen LogP) is 3.06. The average molecular weight is 390 g/mol. The summed E-state index contributed by atoms with van der Waals surface area (Å²) < 4.78 is 0. The van der Waals surface area contributed by atoms with Crippen LogP contribution in [0.15, 0.2) is 24.3 Å². The summed E-state index contributed by atoms with van der Waals surface area (Å²) in [6.07, 6.45) is 7.08. The molecular weight excluding hydrogens is 362 g/mol. The molecule has 1 aromatic rings. The van der Waals surface area contributed by atoms with Crippen LogP contribution in [0, 0.1) is 5.92 Å². The molecule has 1 aromatic carbocycles. The van der Waals surface area contributed by atoms with Gasteiger partial charge in [-0.1, -0.05) is 30.5 Å². The lowest BCUT2D eigenvalue weighted by Gasteiger charge is -2.37. The summed E-state index contributed by atoms with van der Waals surface area (Å²) in [4.78, 5) is 30.5. The fraction of sp³-hybridized carbons (Fsp3) is 0.619. The molecule has 2 aliphatic heterocycles. The molecule has 3 aliphatic rings. The number of likely N-dealkylation sites (tertiary alicyclic amines) is 2. The minimum Gasteiger partial charge on any atom is -0.339 e. The minimum absolute atomic E-state index is 0.0449. The Balaban J connectivity index is 1.62. The van der Waals surface area contributed by atoms with Crippen molar-refractivity contribution >= 4 is 23.4 Å². The largest absolute Gasteiger partial charge is 0.339 e. The second kappa shape index (κ2) is 7.80. The van der Waals surface area contributed by atoms with E-state index in [0.717, 1.165) is 45.1 Å². The third-order valence-corrected chi connectivity index (χ3v) is 6.68. The first kappa shape index (κ1) is 18.8. The van der Waals surface area contributed by atoms with Crippen molar-refractivity contribution in [3.63, 3.8) is 0 Å². The van der Waals surface area contributed by atoms with Crippen molar-refractivity contribution in [2.45, 2.75) is 63.1 Å². The summed E-state index contributed by atoms with van der Waals surface area (Å²) in [5.74, 6) is 0.441. The van der Waals surface area contributed by atoms with Gasteiger partial charge in [-0.15, -0.1) is 0 Å². The van der Waals surface area contributed by atoms with Gasteiger partial charge >= 0.3 is 0 Å². The van der Waals surface area contributed by atoms with E-state index in [1.54, 1.807) is 24.3 Å². The van der Waals surface area contributed by atoms with Crippen molar-refractivity contribution in [3.8, 4) is 0 Å². The molecule has 0 radical (unpaired) electrons. The molecule has 0 spiro atoms. The maximum atomic E-state index is 13.4. The summed E-state index contributed by atoms with van der Waals surface area (Å²) in [7, 11) is 0. The number of nitrogens with two attached hydrogens (primary N) is 1. The van der Waals surface area contributed by atoms with Crippen LogP contribution in [0.1, 0.15) is 55.3 Å². The number of benzene rings is 1. The van der Waals surface area contributed by atoms with Gasteiger partial charge in [-0.05, 0) is 56.2 Å². The lowest BCUT2D eigenvalue weighted by molar-refractivity contribution is -0.136. The van der Waals surface area contributed by atoms with E-state index in [9.17, 15) is 9.59 Å². The van der Waals surface area contributed by atoms with Gasteiger partial charge in [-0.3, -0.25) is 9.59 Å². The average Bonchev–Trinajstić information content (AvgIpc) is 3.06. The number of carbonyl (C=O) groups excluding carboxylic acids is 2. The molecule has 1 saturated carbocycles. The molecule has 0 aromatic heterocycles. The second-order valence-corrected chi connectivity index (χ2v) is 8.71. The number of fused-ring (bicyclic) bond motifs is 1. The molecule has 5 nitrogen and oxygen atoms in total. The van der Waals surface area contributed by atoms with Gasteiger partial charge in [0.2, 0.25) is 5.91 Å². The van der Waals surface area contributed by atoms with E-state index in [1.807, 2.05) is 9.80 Å². The van der Waals surface area contributed by atoms with Crippen molar-refractivity contribution in [1.29, 1.82) is 0 Å². The van der Waals surface area contributed by atoms with Crippen molar-refractivity contribution in [2.24, 2.45) is 11.7 Å². The molecule has 1 aliphatic carbocycles. The summed E-state index contributed by atoms with van der Waals surface area (Å²) in [6, 6.07) is 6.91. The number of piperidine rings is 1. The second-order valence-electron chi connectivity index (χ2n) is 8.27. The maximum Gasteiger partial charge on any atom is 0.254 e. The molecule has 2 heterocycles. The minimum atomic E-state index is -0.366. The van der Waals surface area contributed by atoms with Gasteiger partial charge in [0, 0.05) is 35.8 Å². The fourth-order valence-electron chi connectivity index (χ4n) is 5.16. The van der Waals surface area contributed by atoms with E-state index in [-0.39, 0.29) is 29.9 Å². The first-order chi connectivity index (χ1) is 13.0. The molecule has 4 rings (SSSR count). The Kier molecular flexibility index (Phi) is 5.42. The smallest absolute Gasteiger partial charge is 0.254 e. The molecule has 2 N–H and O–H groups in total. The van der Waals surface area contributed by atoms with Crippen LogP contribution in [0.5, 0.6) is 0 Å². The van der Waals surface area contributed by atoms with Crippen LogP contribution >= 0.6 is 11.6 Å². The number of nitrogens with zero attached hydrogens (tertiary/aromatic N) is 2. The normalized spacial score (nSPS) is 30.9. The molecule has 3 fully saturated rings. The maximum absolute atomic E-state index is 13.4. The molecule has 2 amide bonds. The highest BCUT2D eigenvalue weighted by molar-refractivity contribution is 6.31. The quantitative estimate of drug-likeness (QED) is 0.845. The van der Waals surface area contributed by atoms with Gasteiger partial charge in [0.25, 0.3) is 5.91 Å². The molecule has 4 atom stereocenters. The Bertz CT molecular complexity index is 725. The zero-order valence-corrected chi connectivity index (χ0v) is 16.4. The van der Waals surface area contributed by atoms with Crippen LogP contribution in [0.2, 0.25) is 5.02 Å². The molecule has 146 valence electrons. The van der Waals surface area contributed by atoms with Crippen LogP contribution in [-0.4, -0.2) is 52.8 Å². The monoisotopic (exact) mass is 389 g/mol. The van der Waals surface area contributed by atoms with Crippen molar-refractivity contribution in [3.05, 3.63) is 34.9 Å². The highest BCUT2D eigenvalue weighted by Gasteiger charge is 2.48. The topological polar surface area (TPSA) is 66.6 Å². The predicted molar refractivity (Wildman–Crippen MR) is 106 cm³/mol. The third-order valence-electron chi connectivity index (χ3n) is 6.45. The summed E-state index contributed by atoms with van der Waals surface area (Å²) in [5, 5.41) is 0.546. The van der Waals surface area contributed by atoms with E-state index in [1.165, 1.54) is 6.42 Å². The standard InChI is InChI=1S/C21H28ClN3O2/c22-16-7-3-6-15(11-16)20(26)25-18-9-2-1-5-14(18)12-19(25)21(27)24-10-4-8-17(23)13-24/h3,6-7,11,14,17-19H,1-2,4-5,8-10,12-13,23H2. The van der Waals surface area contributed by atoms with E-state index in [2.05, 4.69) is 0 Å². The number of carbonyl (C=O) groups is 2. The van der Waals surface area contributed by atoms with Crippen LogP contribution in [-0.2, 0) is 4.79 Å². The number of hydrogen-bond acceptors (Lipinski definition) is 3. The van der Waals surface area contributed by atoms with Crippen molar-refractivity contribution in [2.75, 3.05) is 13.1 Å². The number of halogens is 1.